The van der Waals surface area contributed by atoms with Crippen molar-refractivity contribution in [3.63, 3.8) is 0 Å². The monoisotopic (exact) mass is 746 g/mol. The maximum Gasteiger partial charge on any atom is 0.204 e. The van der Waals surface area contributed by atoms with E-state index in [9.17, 15) is 30.7 Å². The molecule has 0 aliphatic heterocycles. The molecule has 4 atom stereocenters. The molecule has 0 aromatic heterocycles. The summed E-state index contributed by atoms with van der Waals surface area (Å²) in [6.45, 7) is 2.23. The van der Waals surface area contributed by atoms with Crippen molar-refractivity contribution in [1.82, 2.24) is 0 Å². The van der Waals surface area contributed by atoms with Gasteiger partial charge in [0.2, 0.25) is 17.5 Å². The van der Waals surface area contributed by atoms with Crippen LogP contribution in [0.1, 0.15) is 115 Å². The van der Waals surface area contributed by atoms with Gasteiger partial charge in [0.05, 0.1) is 6.61 Å². The van der Waals surface area contributed by atoms with Gasteiger partial charge in [0.1, 0.15) is 19.4 Å². The lowest BCUT2D eigenvalue weighted by molar-refractivity contribution is 0.0514. The third-order valence-corrected chi connectivity index (χ3v) is 10.6. The number of unbranched alkanes of at least 4 members (excludes halogenated alkanes) is 3. The van der Waals surface area contributed by atoms with Crippen LogP contribution in [-0.2, 0) is 0 Å². The Kier molecular flexibility index (Phi) is 16.9. The zero-order valence-corrected chi connectivity index (χ0v) is 30.4. The van der Waals surface area contributed by atoms with Gasteiger partial charge in [-0.3, -0.25) is 0 Å². The van der Waals surface area contributed by atoms with Crippen molar-refractivity contribution in [3.8, 4) is 17.2 Å². The van der Waals surface area contributed by atoms with Gasteiger partial charge in [-0.1, -0.05) is 58.1 Å². The number of hydrogen-bond donors (Lipinski definition) is 0. The molecular formula is C41H54F8O3. The van der Waals surface area contributed by atoms with Crippen LogP contribution in [-0.4, -0.2) is 38.3 Å². The number of halogens is 8. The van der Waals surface area contributed by atoms with E-state index in [4.69, 9.17) is 14.2 Å². The highest BCUT2D eigenvalue weighted by molar-refractivity contribution is 5.35. The minimum atomic E-state index is -2.75. The molecule has 2 fully saturated rings. The Hall–Kier alpha value is -2.98. The number of hydrogen-bond acceptors (Lipinski definition) is 3. The maximum atomic E-state index is 15.1. The summed E-state index contributed by atoms with van der Waals surface area (Å²) >= 11 is 0. The number of allylic oxidation sites excluding steroid dienone is 2. The topological polar surface area (TPSA) is 27.7 Å². The van der Waals surface area contributed by atoms with E-state index in [0.717, 1.165) is 49.4 Å². The summed E-state index contributed by atoms with van der Waals surface area (Å²) in [5, 5.41) is 0. The Morgan fingerprint density at radius 2 is 1.10 bits per heavy atom. The van der Waals surface area contributed by atoms with Crippen LogP contribution >= 0.6 is 0 Å². The lowest BCUT2D eigenvalue weighted by atomic mass is 9.77. The molecule has 0 saturated heterocycles. The van der Waals surface area contributed by atoms with Gasteiger partial charge in [-0.25, -0.2) is 22.0 Å². The van der Waals surface area contributed by atoms with Gasteiger partial charge in [-0.05, 0) is 106 Å². The summed E-state index contributed by atoms with van der Waals surface area (Å²) in [5.41, 5.74) is -1.02. The molecule has 4 rings (SSSR count). The zero-order valence-electron chi connectivity index (χ0n) is 30.4. The van der Waals surface area contributed by atoms with Crippen molar-refractivity contribution < 1.29 is 49.3 Å². The smallest absolute Gasteiger partial charge is 0.204 e. The summed E-state index contributed by atoms with van der Waals surface area (Å²) in [6, 6.07) is 3.59. The van der Waals surface area contributed by atoms with Gasteiger partial charge in [-0.15, -0.1) is 0 Å². The maximum absolute atomic E-state index is 15.1. The standard InChI is InChI=1S/C41H54F8O3/c1-3-5-7-8-26-9-11-27(12-10-26)13-14-28-15-17-29(18-16-28)36(44)31(42)24-51-34-20-19-30(38(46)39(34)47)37(45)32(43)25-52-35-22-21-33(40(48)41(35)49)50-23-6-4-2/h13-14,19-22,26-29,31-32,36-37H,3-12,15-18,23-25H2,1-2H3. The third-order valence-electron chi connectivity index (χ3n) is 10.6. The van der Waals surface area contributed by atoms with E-state index < -0.39 is 84.1 Å². The first-order chi connectivity index (χ1) is 25.0. The minimum Gasteiger partial charge on any atom is -0.490 e. The fraction of sp³-hybridized carbons (Fsp3) is 0.659. The number of ether oxygens (including phenoxy) is 3. The highest BCUT2D eigenvalue weighted by Crippen LogP contribution is 2.38. The molecule has 4 unspecified atom stereocenters. The van der Waals surface area contributed by atoms with Crippen LogP contribution in [0.2, 0.25) is 0 Å². The summed E-state index contributed by atoms with van der Waals surface area (Å²) < 4.78 is 133. The van der Waals surface area contributed by atoms with Crippen molar-refractivity contribution in [2.45, 2.75) is 128 Å². The molecule has 0 N–H and O–H groups in total. The first kappa shape index (κ1) is 41.8. The predicted molar refractivity (Wildman–Crippen MR) is 187 cm³/mol. The molecule has 0 amide bonds. The molecule has 0 heterocycles. The average Bonchev–Trinajstić information content (AvgIpc) is 3.16. The van der Waals surface area contributed by atoms with Gasteiger partial charge in [0.15, 0.2) is 41.6 Å². The predicted octanol–water partition coefficient (Wildman–Crippen LogP) is 12.7. The van der Waals surface area contributed by atoms with Gasteiger partial charge in [-0.2, -0.15) is 13.2 Å². The van der Waals surface area contributed by atoms with E-state index >= 15 is 4.39 Å². The number of benzene rings is 2. The molecule has 0 bridgehead atoms. The average molecular weight is 747 g/mol. The van der Waals surface area contributed by atoms with Crippen LogP contribution in [0.3, 0.4) is 0 Å². The molecule has 0 spiro atoms. The molecule has 3 nitrogen and oxygen atoms in total. The van der Waals surface area contributed by atoms with E-state index in [1.165, 1.54) is 51.4 Å². The van der Waals surface area contributed by atoms with Crippen molar-refractivity contribution in [1.29, 1.82) is 0 Å². The van der Waals surface area contributed by atoms with E-state index in [1.807, 2.05) is 6.92 Å². The minimum absolute atomic E-state index is 0.152. The third kappa shape index (κ3) is 11.8. The van der Waals surface area contributed by atoms with Crippen molar-refractivity contribution in [2.75, 3.05) is 19.8 Å². The summed E-state index contributed by atoms with van der Waals surface area (Å²) in [4.78, 5) is 0. The number of rotatable bonds is 20. The van der Waals surface area contributed by atoms with E-state index in [-0.39, 0.29) is 12.4 Å². The Morgan fingerprint density at radius 1 is 0.596 bits per heavy atom. The second kappa shape index (κ2) is 21.0. The van der Waals surface area contributed by atoms with Gasteiger partial charge in [0.25, 0.3) is 0 Å². The quantitative estimate of drug-likeness (QED) is 0.0767. The van der Waals surface area contributed by atoms with Crippen LogP contribution in [0.25, 0.3) is 0 Å². The SMILES string of the molecule is CCCCCC1CCC(C=CC2CCC(C(F)C(F)COc3ccc(C(F)C(F)COc4ccc(OCCCC)c(F)c4F)c(F)c3F)CC2)CC1. The highest BCUT2D eigenvalue weighted by atomic mass is 19.2. The summed E-state index contributed by atoms with van der Waals surface area (Å²) in [6.07, 6.45) is 9.34. The summed E-state index contributed by atoms with van der Waals surface area (Å²) in [7, 11) is 0. The molecule has 2 aromatic rings. The largest absolute Gasteiger partial charge is 0.490 e. The fourth-order valence-corrected chi connectivity index (χ4v) is 7.26. The molecular weight excluding hydrogens is 692 g/mol. The van der Waals surface area contributed by atoms with Crippen LogP contribution in [0, 0.1) is 46.9 Å². The second-order valence-corrected chi connectivity index (χ2v) is 14.5. The molecule has 0 radical (unpaired) electrons. The van der Waals surface area contributed by atoms with Crippen molar-refractivity contribution in [3.05, 3.63) is 65.2 Å². The Bertz CT molecular complexity index is 1390. The highest BCUT2D eigenvalue weighted by Gasteiger charge is 2.34. The van der Waals surface area contributed by atoms with Gasteiger partial charge in [0, 0.05) is 5.56 Å². The molecule has 2 aromatic carbocycles. The van der Waals surface area contributed by atoms with Gasteiger partial charge >= 0.3 is 0 Å². The molecule has 2 saturated carbocycles. The van der Waals surface area contributed by atoms with Crippen LogP contribution in [0.4, 0.5) is 35.1 Å². The van der Waals surface area contributed by atoms with Crippen molar-refractivity contribution >= 4 is 0 Å². The molecule has 2 aliphatic rings. The fourth-order valence-electron chi connectivity index (χ4n) is 7.26. The number of alkyl halides is 4. The lowest BCUT2D eigenvalue weighted by Gasteiger charge is -2.31. The van der Waals surface area contributed by atoms with Gasteiger partial charge < -0.3 is 14.2 Å². The van der Waals surface area contributed by atoms with E-state index in [0.29, 0.717) is 31.1 Å². The Labute approximate surface area is 303 Å². The molecule has 52 heavy (non-hydrogen) atoms. The Morgan fingerprint density at radius 3 is 1.67 bits per heavy atom. The first-order valence-corrected chi connectivity index (χ1v) is 19.1. The summed E-state index contributed by atoms with van der Waals surface area (Å²) in [5.74, 6) is -6.94. The van der Waals surface area contributed by atoms with Crippen molar-refractivity contribution in [2.24, 2.45) is 23.7 Å². The Balaban J connectivity index is 1.20. The molecule has 11 heteroatoms. The van der Waals surface area contributed by atoms with Crippen LogP contribution < -0.4 is 14.2 Å². The van der Waals surface area contributed by atoms with E-state index in [1.54, 1.807) is 0 Å². The molecule has 2 aliphatic carbocycles. The second-order valence-electron chi connectivity index (χ2n) is 14.5. The molecule has 292 valence electrons. The normalized spacial score (nSPS) is 23.3. The van der Waals surface area contributed by atoms with Crippen LogP contribution in [0.5, 0.6) is 17.2 Å². The zero-order chi connectivity index (χ0) is 37.6. The first-order valence-electron chi connectivity index (χ1n) is 19.1. The van der Waals surface area contributed by atoms with E-state index in [2.05, 4.69) is 19.1 Å². The lowest BCUT2D eigenvalue weighted by Crippen LogP contribution is -2.33. The van der Waals surface area contributed by atoms with Crippen LogP contribution in [0.15, 0.2) is 36.4 Å².